The molecule has 0 heterocycles. The van der Waals surface area contributed by atoms with Gasteiger partial charge in [-0.3, -0.25) is 9.59 Å². The molecule has 0 atom stereocenters. The van der Waals surface area contributed by atoms with Crippen LogP contribution >= 0.6 is 0 Å². The number of hydrogen-bond acceptors (Lipinski definition) is 3. The van der Waals surface area contributed by atoms with E-state index in [4.69, 9.17) is 5.11 Å². The molecule has 0 aromatic carbocycles. The zero-order chi connectivity index (χ0) is 16.0. The van der Waals surface area contributed by atoms with Crippen LogP contribution in [-0.2, 0) is 14.4 Å². The Hall–Kier alpha value is -1.33. The number of rotatable bonds is 9. The Balaban J connectivity index is 4.45. The number of carboxylic acids is 1. The van der Waals surface area contributed by atoms with Crippen LogP contribution < -0.4 is 5.32 Å². The second kappa shape index (κ2) is 7.46. The maximum absolute atomic E-state index is 11.7. The molecule has 2 N–H and O–H groups in total. The zero-order valence-corrected chi connectivity index (χ0v) is 13.2. The summed E-state index contributed by atoms with van der Waals surface area (Å²) in [4.78, 5) is 33.7. The molecule has 0 saturated heterocycles. The second-order valence-corrected chi connectivity index (χ2v) is 6.92. The van der Waals surface area contributed by atoms with Crippen molar-refractivity contribution in [2.75, 3.05) is 6.54 Å². The van der Waals surface area contributed by atoms with Crippen molar-refractivity contribution in [3.05, 3.63) is 0 Å². The Morgan fingerprint density at radius 1 is 1.05 bits per heavy atom. The number of hydrogen-bond donors (Lipinski definition) is 2. The Morgan fingerprint density at radius 3 is 2.00 bits per heavy atom. The average Bonchev–Trinajstić information content (AvgIpc) is 2.22. The molecule has 1 amide bonds. The van der Waals surface area contributed by atoms with Gasteiger partial charge in [0.25, 0.3) is 0 Å². The molecule has 0 aromatic rings. The third-order valence-electron chi connectivity index (χ3n) is 3.10. The lowest BCUT2D eigenvalue weighted by Crippen LogP contribution is -2.34. The zero-order valence-electron chi connectivity index (χ0n) is 13.2. The standard InChI is InChI=1S/C14H26BNO4/c1-13(2,5-10(17)7-15)9-14(3,4)6-11(18)16-8-12(19)20/h5-9,15H2,1-4H3,(H,16,18)(H,19,20). The van der Waals surface area contributed by atoms with Crippen LogP contribution in [0.1, 0.15) is 47.0 Å². The molecule has 0 radical (unpaired) electrons. The van der Waals surface area contributed by atoms with Crippen LogP contribution in [0, 0.1) is 10.8 Å². The Labute approximate surface area is 121 Å². The summed E-state index contributed by atoms with van der Waals surface area (Å²) >= 11 is 0. The van der Waals surface area contributed by atoms with Gasteiger partial charge >= 0.3 is 5.97 Å². The molecule has 5 nitrogen and oxygen atoms in total. The van der Waals surface area contributed by atoms with E-state index < -0.39 is 5.97 Å². The van der Waals surface area contributed by atoms with Gasteiger partial charge in [-0.25, -0.2) is 0 Å². The van der Waals surface area contributed by atoms with Crippen molar-refractivity contribution >= 4 is 25.5 Å². The van der Waals surface area contributed by atoms with Crippen LogP contribution in [0.4, 0.5) is 0 Å². The average molecular weight is 283 g/mol. The van der Waals surface area contributed by atoms with Gasteiger partial charge in [-0.2, -0.15) is 0 Å². The van der Waals surface area contributed by atoms with Crippen LogP contribution in [0.2, 0.25) is 6.32 Å². The maximum Gasteiger partial charge on any atom is 0.322 e. The van der Waals surface area contributed by atoms with E-state index in [1.54, 1.807) is 0 Å². The van der Waals surface area contributed by atoms with Gasteiger partial charge in [0, 0.05) is 12.8 Å². The van der Waals surface area contributed by atoms with Crippen molar-refractivity contribution in [2.24, 2.45) is 10.8 Å². The largest absolute Gasteiger partial charge is 0.480 e. The van der Waals surface area contributed by atoms with Crippen LogP contribution in [0.5, 0.6) is 0 Å². The van der Waals surface area contributed by atoms with Gasteiger partial charge in [0.05, 0.1) is 0 Å². The fraction of sp³-hybridized carbons (Fsp3) is 0.786. The first-order valence-corrected chi connectivity index (χ1v) is 6.98. The molecule has 0 aliphatic heterocycles. The van der Waals surface area contributed by atoms with Crippen LogP contribution in [0.3, 0.4) is 0 Å². The molecule has 114 valence electrons. The van der Waals surface area contributed by atoms with Gasteiger partial charge in [0.1, 0.15) is 20.2 Å². The van der Waals surface area contributed by atoms with E-state index >= 15 is 0 Å². The van der Waals surface area contributed by atoms with Crippen molar-refractivity contribution < 1.29 is 19.5 Å². The lowest BCUT2D eigenvalue weighted by molar-refractivity contribution is -0.138. The molecule has 20 heavy (non-hydrogen) atoms. The highest BCUT2D eigenvalue weighted by Gasteiger charge is 2.31. The fourth-order valence-electron chi connectivity index (χ4n) is 2.75. The van der Waals surface area contributed by atoms with E-state index in [0.29, 0.717) is 12.7 Å². The van der Waals surface area contributed by atoms with Gasteiger partial charge < -0.3 is 15.2 Å². The van der Waals surface area contributed by atoms with Crippen molar-refractivity contribution in [1.82, 2.24) is 5.32 Å². The SMILES string of the molecule is BCC(=O)CC(C)(C)CC(C)(C)CC(=O)NCC(=O)O. The monoisotopic (exact) mass is 283 g/mol. The van der Waals surface area contributed by atoms with E-state index in [1.165, 1.54) is 0 Å². The number of carboxylic acid groups (broad SMARTS) is 1. The number of carbonyl (C=O) groups excluding carboxylic acids is 2. The highest BCUT2D eigenvalue weighted by molar-refractivity contribution is 6.20. The van der Waals surface area contributed by atoms with E-state index in [0.717, 1.165) is 6.42 Å². The van der Waals surface area contributed by atoms with Gasteiger partial charge in [-0.15, -0.1) is 0 Å². The van der Waals surface area contributed by atoms with Crippen molar-refractivity contribution in [3.63, 3.8) is 0 Å². The molecule has 0 saturated carbocycles. The van der Waals surface area contributed by atoms with E-state index in [2.05, 4.69) is 5.32 Å². The third kappa shape index (κ3) is 8.72. The minimum atomic E-state index is -1.05. The third-order valence-corrected chi connectivity index (χ3v) is 3.10. The van der Waals surface area contributed by atoms with Crippen molar-refractivity contribution in [2.45, 2.75) is 53.3 Å². The Bertz CT molecular complexity index is 377. The first-order chi connectivity index (χ1) is 8.97. The molecule has 0 rings (SSSR count). The molecular weight excluding hydrogens is 257 g/mol. The topological polar surface area (TPSA) is 83.5 Å². The molecule has 0 aliphatic rings. The summed E-state index contributed by atoms with van der Waals surface area (Å²) in [5, 5.41) is 10.9. The van der Waals surface area contributed by atoms with Crippen LogP contribution in [0.25, 0.3) is 0 Å². The minimum Gasteiger partial charge on any atom is -0.480 e. The Morgan fingerprint density at radius 2 is 1.55 bits per heavy atom. The summed E-state index contributed by atoms with van der Waals surface area (Å²) in [6.45, 7) is 7.62. The predicted octanol–water partition coefficient (Wildman–Crippen LogP) is 1.03. The van der Waals surface area contributed by atoms with Gasteiger partial charge in [-0.05, 0) is 23.6 Å². The fourth-order valence-corrected chi connectivity index (χ4v) is 2.75. The van der Waals surface area contributed by atoms with Crippen LogP contribution in [0.15, 0.2) is 0 Å². The van der Waals surface area contributed by atoms with Crippen molar-refractivity contribution in [1.29, 1.82) is 0 Å². The summed E-state index contributed by atoms with van der Waals surface area (Å²) in [6.07, 6.45) is 2.02. The highest BCUT2D eigenvalue weighted by atomic mass is 16.4. The molecule has 6 heteroatoms. The molecule has 0 fully saturated rings. The number of ketones is 1. The van der Waals surface area contributed by atoms with Crippen LogP contribution in [-0.4, -0.2) is 37.2 Å². The summed E-state index contributed by atoms with van der Waals surface area (Å²) in [5.41, 5.74) is -0.441. The number of carbonyl (C=O) groups is 3. The number of Topliss-reactive ketones (excluding diaryl/α,β-unsaturated/α-hetero) is 1. The summed E-state index contributed by atoms with van der Waals surface area (Å²) < 4.78 is 0. The number of nitrogens with one attached hydrogen (secondary N) is 1. The van der Waals surface area contributed by atoms with E-state index in [9.17, 15) is 14.4 Å². The highest BCUT2D eigenvalue weighted by Crippen LogP contribution is 2.38. The van der Waals surface area contributed by atoms with Crippen molar-refractivity contribution in [3.8, 4) is 0 Å². The smallest absolute Gasteiger partial charge is 0.322 e. The molecule has 0 aliphatic carbocycles. The molecule has 0 unspecified atom stereocenters. The summed E-state index contributed by atoms with van der Waals surface area (Å²) in [5.74, 6) is -1.10. The molecule has 0 spiro atoms. The number of aliphatic carboxylic acids is 1. The number of amides is 1. The van der Waals surface area contributed by atoms with E-state index in [1.807, 2.05) is 35.5 Å². The normalized spacial score (nSPS) is 12.0. The van der Waals surface area contributed by atoms with Gasteiger partial charge in [0.15, 0.2) is 0 Å². The van der Waals surface area contributed by atoms with Gasteiger partial charge in [-0.1, -0.05) is 27.7 Å². The minimum absolute atomic E-state index is 0.163. The lowest BCUT2D eigenvalue weighted by atomic mass is 9.70. The first kappa shape index (κ1) is 18.7. The summed E-state index contributed by atoms with van der Waals surface area (Å²) in [6, 6.07) is 0. The second-order valence-electron chi connectivity index (χ2n) is 6.92. The van der Waals surface area contributed by atoms with E-state index in [-0.39, 0.29) is 35.5 Å². The van der Waals surface area contributed by atoms with Gasteiger partial charge in [0.2, 0.25) is 5.91 Å². The maximum atomic E-state index is 11.7. The molecule has 0 aromatic heterocycles. The predicted molar refractivity (Wildman–Crippen MR) is 80.4 cm³/mol. The molecular formula is C14H26BNO4. The molecule has 0 bridgehead atoms. The first-order valence-electron chi connectivity index (χ1n) is 6.98. The Kier molecular flexibility index (Phi) is 6.96. The quantitative estimate of drug-likeness (QED) is 0.619. The summed E-state index contributed by atoms with van der Waals surface area (Å²) in [7, 11) is 1.85. The lowest BCUT2D eigenvalue weighted by Gasteiger charge is -2.34.